The topological polar surface area (TPSA) is 15.3 Å². The highest BCUT2D eigenvalue weighted by Crippen LogP contribution is 2.59. The standard InChI is InChI=1S/C59H42BN2/c1-5-18-40(19-6-1)42-32-35-47(36-33-42)61-57-48-27-14-13-22-43(48)34-37-49(57)50-38-44(41-20-7-2-8-21-41)39-55-56(50)60-53-30-17-29-52-58(53)62(55)54-31-16-15-28-51(54)59(52,45-23-9-3-10-24-45)46-25-11-4-12-26-46/h1-11,13-25,27-39,61H,12,26H2. The van der Waals surface area contributed by atoms with Crippen LogP contribution in [0.5, 0.6) is 0 Å². The summed E-state index contributed by atoms with van der Waals surface area (Å²) in [6, 6.07) is 75.8. The quantitative estimate of drug-likeness (QED) is 0.162. The van der Waals surface area contributed by atoms with Gasteiger partial charge in [0.05, 0.1) is 16.8 Å². The molecule has 0 saturated heterocycles. The smallest absolute Gasteiger partial charge is 0.197 e. The molecule has 1 N–H and O–H groups in total. The van der Waals surface area contributed by atoms with E-state index in [1.807, 2.05) is 0 Å². The first-order valence-corrected chi connectivity index (χ1v) is 21.7. The van der Waals surface area contributed by atoms with E-state index in [0.717, 1.165) is 29.8 Å². The molecule has 2 aliphatic heterocycles. The van der Waals surface area contributed by atoms with Crippen molar-refractivity contribution in [1.29, 1.82) is 0 Å². The van der Waals surface area contributed by atoms with E-state index >= 15 is 0 Å². The molecule has 3 aliphatic rings. The molecular formula is C59H42BN2. The normalized spacial score (nSPS) is 15.8. The number of hydrogen-bond acceptors (Lipinski definition) is 2. The van der Waals surface area contributed by atoms with E-state index in [-0.39, 0.29) is 0 Å². The zero-order chi connectivity index (χ0) is 41.0. The van der Waals surface area contributed by atoms with E-state index in [1.54, 1.807) is 0 Å². The molecule has 0 spiro atoms. The molecule has 0 fully saturated rings. The molecule has 291 valence electrons. The Hall–Kier alpha value is -7.62. The van der Waals surface area contributed by atoms with Crippen molar-refractivity contribution in [1.82, 2.24) is 0 Å². The number of para-hydroxylation sites is 2. The maximum absolute atomic E-state index is 3.97. The van der Waals surface area contributed by atoms with Crippen LogP contribution in [0.15, 0.2) is 230 Å². The van der Waals surface area contributed by atoms with Crippen LogP contribution >= 0.6 is 0 Å². The monoisotopic (exact) mass is 789 g/mol. The van der Waals surface area contributed by atoms with E-state index in [9.17, 15) is 0 Å². The number of fused-ring (bicyclic) bond motifs is 5. The van der Waals surface area contributed by atoms with Crippen molar-refractivity contribution in [2.45, 2.75) is 18.3 Å². The van der Waals surface area contributed by atoms with Crippen molar-refractivity contribution in [3.05, 3.63) is 247 Å². The summed E-state index contributed by atoms with van der Waals surface area (Å²) in [5.41, 5.74) is 20.2. The van der Waals surface area contributed by atoms with Crippen molar-refractivity contribution in [3.8, 4) is 33.4 Å². The lowest BCUT2D eigenvalue weighted by molar-refractivity contribution is 0.668. The third kappa shape index (κ3) is 5.73. The van der Waals surface area contributed by atoms with Crippen LogP contribution in [0, 0.1) is 0 Å². The zero-order valence-electron chi connectivity index (χ0n) is 34.3. The molecule has 1 aliphatic carbocycles. The maximum atomic E-state index is 3.97. The predicted molar refractivity (Wildman–Crippen MR) is 262 cm³/mol. The van der Waals surface area contributed by atoms with Gasteiger partial charge in [-0.25, -0.2) is 0 Å². The van der Waals surface area contributed by atoms with Crippen LogP contribution in [0.1, 0.15) is 29.5 Å². The average molecular weight is 790 g/mol. The number of rotatable bonds is 7. The molecule has 1 atom stereocenters. The highest BCUT2D eigenvalue weighted by molar-refractivity contribution is 6.73. The molecule has 1 radical (unpaired) electrons. The summed E-state index contributed by atoms with van der Waals surface area (Å²) in [6.07, 6.45) is 8.98. The maximum Gasteiger partial charge on any atom is 0.197 e. The van der Waals surface area contributed by atoms with Gasteiger partial charge in [-0.2, -0.15) is 0 Å². The number of allylic oxidation sites excluding steroid dienone is 4. The third-order valence-electron chi connectivity index (χ3n) is 13.2. The number of benzene rings is 9. The molecular weight excluding hydrogens is 747 g/mol. The minimum Gasteiger partial charge on any atom is -0.355 e. The van der Waals surface area contributed by atoms with Gasteiger partial charge < -0.3 is 10.2 Å². The van der Waals surface area contributed by atoms with Crippen molar-refractivity contribution in [2.75, 3.05) is 10.2 Å². The predicted octanol–water partition coefficient (Wildman–Crippen LogP) is 13.9. The minimum absolute atomic E-state index is 0.457. The first kappa shape index (κ1) is 36.3. The van der Waals surface area contributed by atoms with Gasteiger partial charge in [-0.05, 0) is 98.5 Å². The van der Waals surface area contributed by atoms with Crippen LogP contribution in [0.3, 0.4) is 0 Å². The number of hydrogen-bond donors (Lipinski definition) is 1. The summed E-state index contributed by atoms with van der Waals surface area (Å²) in [5.74, 6) is 0. The highest BCUT2D eigenvalue weighted by Gasteiger charge is 2.49. The van der Waals surface area contributed by atoms with Crippen molar-refractivity contribution < 1.29 is 0 Å². The fourth-order valence-corrected chi connectivity index (χ4v) is 10.5. The van der Waals surface area contributed by atoms with E-state index in [0.29, 0.717) is 0 Å². The van der Waals surface area contributed by atoms with Gasteiger partial charge in [-0.3, -0.25) is 0 Å². The molecule has 3 heteroatoms. The van der Waals surface area contributed by atoms with E-state index in [1.165, 1.54) is 88.8 Å². The Morgan fingerprint density at radius 2 is 1.19 bits per heavy atom. The largest absolute Gasteiger partial charge is 0.355 e. The molecule has 0 bridgehead atoms. The molecule has 0 saturated carbocycles. The summed E-state index contributed by atoms with van der Waals surface area (Å²) in [6.45, 7) is 0. The first-order chi connectivity index (χ1) is 30.8. The van der Waals surface area contributed by atoms with Gasteiger partial charge in [-0.15, -0.1) is 0 Å². The highest BCUT2D eigenvalue weighted by atomic mass is 15.2. The summed E-state index contributed by atoms with van der Waals surface area (Å²) >= 11 is 0. The fourth-order valence-electron chi connectivity index (χ4n) is 10.5. The second-order valence-corrected chi connectivity index (χ2v) is 16.6. The lowest BCUT2D eigenvalue weighted by Crippen LogP contribution is -2.47. The van der Waals surface area contributed by atoms with Gasteiger partial charge in [0.25, 0.3) is 0 Å². The molecule has 1 unspecified atom stereocenters. The molecule has 9 aromatic rings. The second-order valence-electron chi connectivity index (χ2n) is 16.6. The van der Waals surface area contributed by atoms with E-state index in [2.05, 4.69) is 242 Å². The Bertz CT molecular complexity index is 3220. The summed E-state index contributed by atoms with van der Waals surface area (Å²) < 4.78 is 0. The number of anilines is 5. The molecule has 0 aromatic heterocycles. The Kier molecular flexibility index (Phi) is 8.67. The summed E-state index contributed by atoms with van der Waals surface area (Å²) in [7, 11) is 2.46. The van der Waals surface area contributed by atoms with Crippen LogP contribution in [0.25, 0.3) is 44.2 Å². The van der Waals surface area contributed by atoms with E-state index in [4.69, 9.17) is 0 Å². The van der Waals surface area contributed by atoms with Crippen molar-refractivity contribution >= 4 is 57.4 Å². The van der Waals surface area contributed by atoms with Gasteiger partial charge in [0.1, 0.15) is 0 Å². The van der Waals surface area contributed by atoms with Gasteiger partial charge in [0.15, 0.2) is 7.28 Å². The summed E-state index contributed by atoms with van der Waals surface area (Å²) in [5, 5.41) is 6.34. The lowest BCUT2D eigenvalue weighted by Gasteiger charge is -2.50. The SMILES string of the molecule is [B]1c2cccc3c2N(c2ccccc2C3(C2=CC=CCC2)c2ccccc2)c2cc(-c3ccccc3)cc(-c3ccc4ccccc4c3Nc3ccc(-c4ccccc4)cc3)c21. The lowest BCUT2D eigenvalue weighted by atomic mass is 9.53. The van der Waals surface area contributed by atoms with Crippen molar-refractivity contribution in [2.24, 2.45) is 0 Å². The Morgan fingerprint density at radius 3 is 1.97 bits per heavy atom. The summed E-state index contributed by atoms with van der Waals surface area (Å²) in [4.78, 5) is 2.59. The number of nitrogens with zero attached hydrogens (tertiary/aromatic N) is 1. The van der Waals surface area contributed by atoms with Gasteiger partial charge in [0.2, 0.25) is 0 Å². The fraction of sp³-hybridized carbons (Fsp3) is 0.0508. The molecule has 2 heterocycles. The van der Waals surface area contributed by atoms with Crippen LogP contribution in [0.2, 0.25) is 0 Å². The van der Waals surface area contributed by atoms with Gasteiger partial charge >= 0.3 is 0 Å². The molecule has 2 nitrogen and oxygen atoms in total. The van der Waals surface area contributed by atoms with Crippen LogP contribution < -0.4 is 21.1 Å². The minimum atomic E-state index is -0.457. The Labute approximate surface area is 364 Å². The third-order valence-corrected chi connectivity index (χ3v) is 13.2. The Balaban J connectivity index is 1.11. The van der Waals surface area contributed by atoms with Crippen LogP contribution in [0.4, 0.5) is 28.4 Å². The molecule has 0 amide bonds. The second kappa shape index (κ2) is 14.8. The van der Waals surface area contributed by atoms with Gasteiger partial charge in [-0.1, -0.05) is 205 Å². The Morgan fingerprint density at radius 1 is 0.516 bits per heavy atom. The van der Waals surface area contributed by atoms with E-state index < -0.39 is 5.41 Å². The van der Waals surface area contributed by atoms with Crippen LogP contribution in [-0.2, 0) is 5.41 Å². The number of nitrogens with one attached hydrogen (secondary N) is 1. The first-order valence-electron chi connectivity index (χ1n) is 21.7. The van der Waals surface area contributed by atoms with Crippen LogP contribution in [-0.4, -0.2) is 7.28 Å². The van der Waals surface area contributed by atoms with Gasteiger partial charge in [0, 0.05) is 28.0 Å². The molecule has 9 aromatic carbocycles. The van der Waals surface area contributed by atoms with Crippen molar-refractivity contribution in [3.63, 3.8) is 0 Å². The molecule has 62 heavy (non-hydrogen) atoms. The zero-order valence-corrected chi connectivity index (χ0v) is 34.3. The molecule has 12 rings (SSSR count). The average Bonchev–Trinajstić information content (AvgIpc) is 3.35.